The summed E-state index contributed by atoms with van der Waals surface area (Å²) in [5, 5.41) is 13.3. The summed E-state index contributed by atoms with van der Waals surface area (Å²) in [5.74, 6) is -2.02. The second-order valence-electron chi connectivity index (χ2n) is 6.53. The molecule has 0 saturated carbocycles. The third kappa shape index (κ3) is 3.88. The number of amides is 2. The van der Waals surface area contributed by atoms with Crippen LogP contribution in [-0.2, 0) is 9.59 Å². The fourth-order valence-corrected chi connectivity index (χ4v) is 3.53. The molecule has 1 N–H and O–H groups in total. The van der Waals surface area contributed by atoms with Gasteiger partial charge < -0.3 is 4.42 Å². The number of nitro groups is 1. The molecule has 1 fully saturated rings. The first-order valence-electron chi connectivity index (χ1n) is 8.96. The SMILES string of the molecule is O=C1NC(=S)N(c2ccccc2F)C(=O)/C1=C/c1ccc(-c2cc([N+](=O)[O-])ccc2Cl)o1. The summed E-state index contributed by atoms with van der Waals surface area (Å²) in [4.78, 5) is 36.7. The van der Waals surface area contributed by atoms with Crippen LogP contribution >= 0.6 is 23.8 Å². The van der Waals surface area contributed by atoms with Gasteiger partial charge in [0, 0.05) is 17.7 Å². The van der Waals surface area contributed by atoms with Crippen molar-refractivity contribution in [2.75, 3.05) is 4.90 Å². The van der Waals surface area contributed by atoms with Gasteiger partial charge in [-0.25, -0.2) is 9.29 Å². The van der Waals surface area contributed by atoms with Crippen LogP contribution in [0, 0.1) is 15.9 Å². The van der Waals surface area contributed by atoms with Crippen LogP contribution in [0.25, 0.3) is 17.4 Å². The standard InChI is InChI=1S/C21H11ClFN3O5S/c22-15-7-5-11(26(29)30)9-13(15)18-8-6-12(31-18)10-14-19(27)24-21(32)25(20(14)28)17-4-2-1-3-16(17)23/h1-10H,(H,24,27,32)/b14-10+. The van der Waals surface area contributed by atoms with Crippen molar-refractivity contribution in [2.24, 2.45) is 0 Å². The quantitative estimate of drug-likeness (QED) is 0.198. The minimum Gasteiger partial charge on any atom is -0.457 e. The summed E-state index contributed by atoms with van der Waals surface area (Å²) in [6.45, 7) is 0. The van der Waals surface area contributed by atoms with E-state index in [1.165, 1.54) is 54.6 Å². The molecular weight excluding hydrogens is 461 g/mol. The number of furan rings is 1. The topological polar surface area (TPSA) is 106 Å². The summed E-state index contributed by atoms with van der Waals surface area (Å²) in [7, 11) is 0. The maximum absolute atomic E-state index is 14.2. The van der Waals surface area contributed by atoms with Gasteiger partial charge in [-0.15, -0.1) is 0 Å². The Morgan fingerprint density at radius 2 is 1.91 bits per heavy atom. The molecule has 1 aliphatic heterocycles. The molecule has 3 aromatic rings. The maximum atomic E-state index is 14.2. The van der Waals surface area contributed by atoms with Gasteiger partial charge in [-0.1, -0.05) is 23.7 Å². The monoisotopic (exact) mass is 471 g/mol. The maximum Gasteiger partial charge on any atom is 0.270 e. The van der Waals surface area contributed by atoms with Gasteiger partial charge in [0.2, 0.25) is 0 Å². The molecule has 4 rings (SSSR count). The number of carbonyl (C=O) groups is 2. The first-order valence-corrected chi connectivity index (χ1v) is 9.75. The number of hydrogen-bond acceptors (Lipinski definition) is 6. The minimum absolute atomic E-state index is 0.0994. The minimum atomic E-state index is -0.838. The second kappa shape index (κ2) is 8.33. The molecule has 0 bridgehead atoms. The van der Waals surface area contributed by atoms with Crippen molar-refractivity contribution >= 4 is 58.2 Å². The highest BCUT2D eigenvalue weighted by Gasteiger charge is 2.36. The average molecular weight is 472 g/mol. The molecule has 1 saturated heterocycles. The molecule has 0 aliphatic carbocycles. The van der Waals surface area contributed by atoms with Crippen molar-refractivity contribution in [3.8, 4) is 11.3 Å². The molecule has 2 heterocycles. The van der Waals surface area contributed by atoms with Crippen LogP contribution in [0.5, 0.6) is 0 Å². The van der Waals surface area contributed by atoms with Crippen LogP contribution in [-0.4, -0.2) is 21.9 Å². The van der Waals surface area contributed by atoms with E-state index in [2.05, 4.69) is 5.32 Å². The third-order valence-electron chi connectivity index (χ3n) is 4.53. The first kappa shape index (κ1) is 21.3. The molecule has 8 nitrogen and oxygen atoms in total. The molecule has 0 spiro atoms. The zero-order valence-electron chi connectivity index (χ0n) is 15.9. The third-order valence-corrected chi connectivity index (χ3v) is 5.15. The Kier molecular flexibility index (Phi) is 5.56. The molecule has 0 radical (unpaired) electrons. The highest BCUT2D eigenvalue weighted by molar-refractivity contribution is 7.80. The molecule has 32 heavy (non-hydrogen) atoms. The highest BCUT2D eigenvalue weighted by Crippen LogP contribution is 2.33. The van der Waals surface area contributed by atoms with Crippen LogP contribution in [0.15, 0.2) is 64.6 Å². The number of rotatable bonds is 4. The van der Waals surface area contributed by atoms with Crippen LogP contribution < -0.4 is 10.2 Å². The first-order chi connectivity index (χ1) is 15.3. The number of thiocarbonyl (C=S) groups is 1. The van der Waals surface area contributed by atoms with E-state index < -0.39 is 22.6 Å². The van der Waals surface area contributed by atoms with Crippen molar-refractivity contribution in [1.82, 2.24) is 5.32 Å². The number of nitrogens with one attached hydrogen (secondary N) is 1. The fraction of sp³-hybridized carbons (Fsp3) is 0. The van der Waals surface area contributed by atoms with Crippen molar-refractivity contribution in [2.45, 2.75) is 0 Å². The number of benzene rings is 2. The van der Waals surface area contributed by atoms with Gasteiger partial charge in [0.1, 0.15) is 22.9 Å². The van der Waals surface area contributed by atoms with E-state index in [0.29, 0.717) is 0 Å². The van der Waals surface area contributed by atoms with Gasteiger partial charge in [-0.3, -0.25) is 25.0 Å². The molecule has 160 valence electrons. The Hall–Kier alpha value is -3.89. The molecule has 2 aromatic carbocycles. The van der Waals surface area contributed by atoms with Gasteiger partial charge in [0.05, 0.1) is 15.6 Å². The Balaban J connectivity index is 1.71. The normalized spacial score (nSPS) is 15.2. The fourth-order valence-electron chi connectivity index (χ4n) is 3.04. The zero-order valence-corrected chi connectivity index (χ0v) is 17.4. The van der Waals surface area contributed by atoms with E-state index in [1.54, 1.807) is 0 Å². The van der Waals surface area contributed by atoms with E-state index in [1.807, 2.05) is 0 Å². The second-order valence-corrected chi connectivity index (χ2v) is 7.33. The lowest BCUT2D eigenvalue weighted by Gasteiger charge is -2.28. The number of halogens is 2. The molecule has 0 atom stereocenters. The summed E-state index contributed by atoms with van der Waals surface area (Å²) in [6.07, 6.45) is 1.17. The smallest absolute Gasteiger partial charge is 0.270 e. The van der Waals surface area contributed by atoms with E-state index in [4.69, 9.17) is 28.2 Å². The average Bonchev–Trinajstić information content (AvgIpc) is 3.21. The molecule has 1 aromatic heterocycles. The van der Waals surface area contributed by atoms with E-state index in [9.17, 15) is 24.1 Å². The number of carbonyl (C=O) groups excluding carboxylic acids is 2. The lowest BCUT2D eigenvalue weighted by atomic mass is 10.1. The van der Waals surface area contributed by atoms with Gasteiger partial charge in [-0.05, 0) is 48.6 Å². The Labute approximate surface area is 190 Å². The predicted octanol–water partition coefficient (Wildman–Crippen LogP) is 4.48. The van der Waals surface area contributed by atoms with Crippen molar-refractivity contribution < 1.29 is 23.3 Å². The summed E-state index contributed by atoms with van der Waals surface area (Å²) < 4.78 is 19.9. The lowest BCUT2D eigenvalue weighted by molar-refractivity contribution is -0.384. The van der Waals surface area contributed by atoms with E-state index >= 15 is 0 Å². The molecule has 2 amide bonds. The summed E-state index contributed by atoms with van der Waals surface area (Å²) in [5.41, 5.74) is -0.375. The molecule has 11 heteroatoms. The van der Waals surface area contributed by atoms with Gasteiger partial charge in [0.15, 0.2) is 5.11 Å². The van der Waals surface area contributed by atoms with Crippen molar-refractivity contribution in [3.05, 3.63) is 86.9 Å². The zero-order chi connectivity index (χ0) is 23.0. The number of nitrogens with zero attached hydrogens (tertiary/aromatic N) is 2. The van der Waals surface area contributed by atoms with Crippen LogP contribution in [0.2, 0.25) is 5.02 Å². The van der Waals surface area contributed by atoms with Gasteiger partial charge in [-0.2, -0.15) is 0 Å². The predicted molar refractivity (Wildman–Crippen MR) is 118 cm³/mol. The van der Waals surface area contributed by atoms with Crippen molar-refractivity contribution in [3.63, 3.8) is 0 Å². The van der Waals surface area contributed by atoms with Gasteiger partial charge in [0.25, 0.3) is 17.5 Å². The Morgan fingerprint density at radius 3 is 2.62 bits per heavy atom. The molecule has 0 unspecified atom stereocenters. The van der Waals surface area contributed by atoms with Crippen LogP contribution in [0.3, 0.4) is 0 Å². The number of anilines is 1. The lowest BCUT2D eigenvalue weighted by Crippen LogP contribution is -2.54. The molecular formula is C21H11ClFN3O5S. The summed E-state index contributed by atoms with van der Waals surface area (Å²) in [6, 6.07) is 12.3. The van der Waals surface area contributed by atoms with Crippen LogP contribution in [0.1, 0.15) is 5.76 Å². The largest absolute Gasteiger partial charge is 0.457 e. The van der Waals surface area contributed by atoms with Crippen LogP contribution in [0.4, 0.5) is 15.8 Å². The number of para-hydroxylation sites is 1. The number of nitro benzene ring substituents is 1. The van der Waals surface area contributed by atoms with E-state index in [-0.39, 0.29) is 44.2 Å². The highest BCUT2D eigenvalue weighted by atomic mass is 35.5. The number of non-ortho nitro benzene ring substituents is 1. The van der Waals surface area contributed by atoms with E-state index in [0.717, 1.165) is 11.0 Å². The molecule has 1 aliphatic rings. The van der Waals surface area contributed by atoms with Gasteiger partial charge >= 0.3 is 0 Å². The number of hydrogen-bond donors (Lipinski definition) is 1. The Morgan fingerprint density at radius 1 is 1.16 bits per heavy atom. The van der Waals surface area contributed by atoms with Crippen molar-refractivity contribution in [1.29, 1.82) is 0 Å². The Bertz CT molecular complexity index is 1340. The summed E-state index contributed by atoms with van der Waals surface area (Å²) >= 11 is 11.2.